The molecule has 0 aliphatic rings. The van der Waals surface area contributed by atoms with E-state index in [0.29, 0.717) is 11.5 Å². The van der Waals surface area contributed by atoms with E-state index >= 15 is 0 Å². The smallest absolute Gasteiger partial charge is 0.240 e. The minimum atomic E-state index is -0.442. The minimum Gasteiger partial charge on any atom is -0.493 e. The Morgan fingerprint density at radius 1 is 1.42 bits per heavy atom. The molecule has 2 N–H and O–H groups in total. The Labute approximate surface area is 110 Å². The van der Waals surface area contributed by atoms with Crippen LogP contribution < -0.4 is 10.5 Å². The molecule has 0 aliphatic heterocycles. The molecule has 0 unspecified atom stereocenters. The van der Waals surface area contributed by atoms with Crippen LogP contribution in [-0.4, -0.2) is 17.3 Å². The molecule has 0 atom stereocenters. The van der Waals surface area contributed by atoms with Crippen LogP contribution in [0, 0.1) is 5.82 Å². The fraction of sp³-hybridized carbons (Fsp3) is 0.385. The topological polar surface area (TPSA) is 74.2 Å². The third-order valence-corrected chi connectivity index (χ3v) is 2.82. The van der Waals surface area contributed by atoms with Crippen LogP contribution in [0.1, 0.15) is 31.2 Å². The molecule has 0 saturated carbocycles. The van der Waals surface area contributed by atoms with Crippen LogP contribution in [0.3, 0.4) is 0 Å². The molecule has 0 spiro atoms. The summed E-state index contributed by atoms with van der Waals surface area (Å²) in [6.45, 7) is 4.10. The van der Waals surface area contributed by atoms with Crippen LogP contribution in [0.2, 0.25) is 0 Å². The minimum absolute atomic E-state index is 0.105. The summed E-state index contributed by atoms with van der Waals surface area (Å²) in [7, 11) is 1.40. The first-order valence-electron chi connectivity index (χ1n) is 5.97. The number of rotatable bonds is 4. The van der Waals surface area contributed by atoms with Gasteiger partial charge in [0.25, 0.3) is 0 Å². The van der Waals surface area contributed by atoms with Crippen molar-refractivity contribution in [2.24, 2.45) is 5.73 Å². The molecular formula is C13H16FN3O2. The summed E-state index contributed by atoms with van der Waals surface area (Å²) in [5.74, 6) is 0.419. The molecule has 0 bridgehead atoms. The van der Waals surface area contributed by atoms with Gasteiger partial charge in [-0.15, -0.1) is 0 Å². The SMILES string of the molecule is COc1c(F)cc(C(C)C)cc1-c1noc(CN)n1. The zero-order valence-electron chi connectivity index (χ0n) is 11.1. The molecule has 1 heterocycles. The summed E-state index contributed by atoms with van der Waals surface area (Å²) in [5, 5.41) is 3.79. The Bertz CT molecular complexity index is 581. The van der Waals surface area contributed by atoms with Crippen LogP contribution in [0.15, 0.2) is 16.7 Å². The van der Waals surface area contributed by atoms with Crippen molar-refractivity contribution in [2.45, 2.75) is 26.3 Å². The number of aromatic nitrogens is 2. The van der Waals surface area contributed by atoms with E-state index in [1.54, 1.807) is 6.07 Å². The first-order chi connectivity index (χ1) is 9.06. The summed E-state index contributed by atoms with van der Waals surface area (Å²) in [6.07, 6.45) is 0. The first kappa shape index (κ1) is 13.5. The van der Waals surface area contributed by atoms with Crippen LogP contribution >= 0.6 is 0 Å². The van der Waals surface area contributed by atoms with E-state index in [9.17, 15) is 4.39 Å². The van der Waals surface area contributed by atoms with Gasteiger partial charge in [-0.25, -0.2) is 4.39 Å². The fourth-order valence-electron chi connectivity index (χ4n) is 1.77. The molecule has 102 valence electrons. The summed E-state index contributed by atoms with van der Waals surface area (Å²) < 4.78 is 24.0. The molecule has 6 heteroatoms. The maximum Gasteiger partial charge on any atom is 0.240 e. The predicted molar refractivity (Wildman–Crippen MR) is 68.2 cm³/mol. The van der Waals surface area contributed by atoms with Gasteiger partial charge in [0, 0.05) is 0 Å². The lowest BCUT2D eigenvalue weighted by atomic mass is 9.99. The fourth-order valence-corrected chi connectivity index (χ4v) is 1.77. The number of nitrogens with two attached hydrogens (primary N) is 1. The van der Waals surface area contributed by atoms with E-state index in [2.05, 4.69) is 10.1 Å². The maximum absolute atomic E-state index is 14.0. The van der Waals surface area contributed by atoms with E-state index < -0.39 is 5.82 Å². The zero-order valence-corrected chi connectivity index (χ0v) is 11.1. The second-order valence-electron chi connectivity index (χ2n) is 4.45. The summed E-state index contributed by atoms with van der Waals surface area (Å²) in [6, 6.07) is 3.26. The van der Waals surface area contributed by atoms with Crippen molar-refractivity contribution >= 4 is 0 Å². The van der Waals surface area contributed by atoms with Crippen molar-refractivity contribution in [3.05, 3.63) is 29.4 Å². The van der Waals surface area contributed by atoms with Gasteiger partial charge in [0.1, 0.15) is 0 Å². The molecule has 0 amide bonds. The number of hydrogen-bond donors (Lipinski definition) is 1. The van der Waals surface area contributed by atoms with Crippen molar-refractivity contribution in [2.75, 3.05) is 7.11 Å². The Kier molecular flexibility index (Phi) is 3.80. The van der Waals surface area contributed by atoms with Crippen molar-refractivity contribution in [3.63, 3.8) is 0 Å². The Balaban J connectivity index is 2.58. The van der Waals surface area contributed by atoms with Gasteiger partial charge in [0.15, 0.2) is 11.6 Å². The summed E-state index contributed by atoms with van der Waals surface area (Å²) in [4.78, 5) is 4.10. The number of methoxy groups -OCH3 is 1. The van der Waals surface area contributed by atoms with Gasteiger partial charge in [-0.3, -0.25) is 0 Å². The Morgan fingerprint density at radius 3 is 2.68 bits per heavy atom. The highest BCUT2D eigenvalue weighted by atomic mass is 19.1. The number of benzene rings is 1. The van der Waals surface area contributed by atoms with Crippen molar-refractivity contribution < 1.29 is 13.7 Å². The molecule has 1 aromatic heterocycles. The third-order valence-electron chi connectivity index (χ3n) is 2.82. The quantitative estimate of drug-likeness (QED) is 0.919. The van der Waals surface area contributed by atoms with Crippen LogP contribution in [0.4, 0.5) is 4.39 Å². The average Bonchev–Trinajstić information content (AvgIpc) is 2.86. The Hall–Kier alpha value is -1.95. The standard InChI is InChI=1S/C13H16FN3O2/c1-7(2)8-4-9(12(18-3)10(14)5-8)13-16-11(6-15)19-17-13/h4-5,7H,6,15H2,1-3H3. The highest BCUT2D eigenvalue weighted by molar-refractivity contribution is 5.65. The lowest BCUT2D eigenvalue weighted by Gasteiger charge is -2.11. The highest BCUT2D eigenvalue weighted by Gasteiger charge is 2.18. The Morgan fingerprint density at radius 2 is 2.16 bits per heavy atom. The van der Waals surface area contributed by atoms with Crippen molar-refractivity contribution in [3.8, 4) is 17.1 Å². The lowest BCUT2D eigenvalue weighted by Crippen LogP contribution is -1.99. The summed E-state index contributed by atoms with van der Waals surface area (Å²) in [5.41, 5.74) is 6.73. The third kappa shape index (κ3) is 2.58. The van der Waals surface area contributed by atoms with Crippen LogP contribution in [0.25, 0.3) is 11.4 Å². The number of nitrogens with zero attached hydrogens (tertiary/aromatic N) is 2. The maximum atomic E-state index is 14.0. The number of halogens is 1. The summed E-state index contributed by atoms with van der Waals surface area (Å²) >= 11 is 0. The van der Waals surface area contributed by atoms with E-state index in [0.717, 1.165) is 5.56 Å². The van der Waals surface area contributed by atoms with Gasteiger partial charge in [0.05, 0.1) is 19.2 Å². The van der Waals surface area contributed by atoms with Gasteiger partial charge in [-0.1, -0.05) is 19.0 Å². The van der Waals surface area contributed by atoms with Crippen molar-refractivity contribution in [1.82, 2.24) is 10.1 Å². The van der Waals surface area contributed by atoms with E-state index in [1.165, 1.54) is 13.2 Å². The molecule has 0 aliphatic carbocycles. The molecule has 1 aromatic carbocycles. The van der Waals surface area contributed by atoms with Gasteiger partial charge in [-0.2, -0.15) is 4.98 Å². The monoisotopic (exact) mass is 265 g/mol. The second-order valence-corrected chi connectivity index (χ2v) is 4.45. The van der Waals surface area contributed by atoms with Gasteiger partial charge >= 0.3 is 0 Å². The molecule has 2 aromatic rings. The molecule has 0 radical (unpaired) electrons. The molecule has 0 saturated heterocycles. The molecular weight excluding hydrogens is 249 g/mol. The highest BCUT2D eigenvalue weighted by Crippen LogP contribution is 2.34. The number of ether oxygens (including phenoxy) is 1. The molecule has 19 heavy (non-hydrogen) atoms. The van der Waals surface area contributed by atoms with Gasteiger partial charge < -0.3 is 15.0 Å². The van der Waals surface area contributed by atoms with E-state index in [-0.39, 0.29) is 24.0 Å². The van der Waals surface area contributed by atoms with Gasteiger partial charge in [-0.05, 0) is 23.6 Å². The molecule has 2 rings (SSSR count). The lowest BCUT2D eigenvalue weighted by molar-refractivity contribution is 0.377. The number of hydrogen-bond acceptors (Lipinski definition) is 5. The van der Waals surface area contributed by atoms with Crippen LogP contribution in [-0.2, 0) is 6.54 Å². The predicted octanol–water partition coefficient (Wildman–Crippen LogP) is 2.47. The first-order valence-corrected chi connectivity index (χ1v) is 5.97. The second kappa shape index (κ2) is 5.36. The zero-order chi connectivity index (χ0) is 14.0. The molecule has 5 nitrogen and oxygen atoms in total. The van der Waals surface area contributed by atoms with Crippen molar-refractivity contribution in [1.29, 1.82) is 0 Å². The van der Waals surface area contributed by atoms with Gasteiger partial charge in [0.2, 0.25) is 11.7 Å². The molecule has 0 fully saturated rings. The average molecular weight is 265 g/mol. The van der Waals surface area contributed by atoms with E-state index in [1.807, 2.05) is 13.8 Å². The van der Waals surface area contributed by atoms with Crippen LogP contribution in [0.5, 0.6) is 5.75 Å². The van der Waals surface area contributed by atoms with E-state index in [4.69, 9.17) is 15.0 Å². The normalized spacial score (nSPS) is 11.1. The largest absolute Gasteiger partial charge is 0.493 e.